The molecule has 0 aromatic heterocycles. The number of carbonyl (C=O) groups excluding carboxylic acids is 2. The van der Waals surface area contributed by atoms with E-state index in [-0.39, 0.29) is 26.8 Å². The molecule has 4 rings (SSSR count). The summed E-state index contributed by atoms with van der Waals surface area (Å²) in [7, 11) is -4.52. The Morgan fingerprint density at radius 1 is 1.09 bits per heavy atom. The van der Waals surface area contributed by atoms with Crippen LogP contribution in [0.15, 0.2) is 47.4 Å². The Morgan fingerprint density at radius 3 is 2.59 bits per heavy atom. The van der Waals surface area contributed by atoms with E-state index in [4.69, 9.17) is 0 Å². The number of benzene rings is 2. The molecule has 0 bridgehead atoms. The Hall–Kier alpha value is -3.01. The van der Waals surface area contributed by atoms with Crippen LogP contribution in [-0.4, -0.2) is 44.4 Å². The Morgan fingerprint density at radius 2 is 1.84 bits per heavy atom. The molecule has 0 spiro atoms. The maximum absolute atomic E-state index is 14.5. The van der Waals surface area contributed by atoms with Crippen molar-refractivity contribution in [1.29, 1.82) is 0 Å². The van der Waals surface area contributed by atoms with Gasteiger partial charge in [0, 0.05) is 18.7 Å². The number of fused-ring (bicyclic) bond motifs is 1. The fourth-order valence-electron chi connectivity index (χ4n) is 4.32. The molecule has 0 radical (unpaired) electrons. The third-order valence-electron chi connectivity index (χ3n) is 5.92. The van der Waals surface area contributed by atoms with Crippen molar-refractivity contribution in [1.82, 2.24) is 4.90 Å². The molecule has 0 aliphatic carbocycles. The number of sulfonamides is 1. The lowest BCUT2D eigenvalue weighted by Crippen LogP contribution is -2.55. The summed E-state index contributed by atoms with van der Waals surface area (Å²) in [5, 5.41) is 0. The summed E-state index contributed by atoms with van der Waals surface area (Å²) in [6.45, 7) is 2.13. The molecular weight excluding hydrogens is 440 g/mol. The van der Waals surface area contributed by atoms with Crippen molar-refractivity contribution in [3.05, 3.63) is 54.1 Å². The van der Waals surface area contributed by atoms with Gasteiger partial charge in [0.05, 0.1) is 5.69 Å². The first-order valence-corrected chi connectivity index (χ1v) is 11.9. The highest BCUT2D eigenvalue weighted by molar-refractivity contribution is 7.94. The fourth-order valence-corrected chi connectivity index (χ4v) is 5.91. The molecule has 2 heterocycles. The first kappa shape index (κ1) is 22.2. The molecule has 2 aliphatic heterocycles. The molecule has 0 saturated carbocycles. The number of piperidine rings is 1. The van der Waals surface area contributed by atoms with Gasteiger partial charge in [-0.3, -0.25) is 9.69 Å². The molecule has 1 atom stereocenters. The third-order valence-corrected chi connectivity index (χ3v) is 7.65. The molecule has 170 valence electrons. The Bertz CT molecular complexity index is 1170. The topological polar surface area (TPSA) is 78.0 Å². The van der Waals surface area contributed by atoms with E-state index in [2.05, 4.69) is 0 Å². The maximum Gasteiger partial charge on any atom is 0.343 e. The minimum atomic E-state index is -4.52. The molecular formula is C22H23F2N3O4S. The lowest BCUT2D eigenvalue weighted by atomic mass is 10.00. The minimum Gasteiger partial charge on any atom is -0.338 e. The second-order valence-corrected chi connectivity index (χ2v) is 9.60. The number of hydrogen-bond donors (Lipinski definition) is 0. The summed E-state index contributed by atoms with van der Waals surface area (Å²) in [4.78, 5) is 29.0. The zero-order valence-corrected chi connectivity index (χ0v) is 18.3. The van der Waals surface area contributed by atoms with Crippen LogP contribution in [0.25, 0.3) is 0 Å². The van der Waals surface area contributed by atoms with Crippen molar-refractivity contribution < 1.29 is 26.8 Å². The average molecular weight is 464 g/mol. The Balaban J connectivity index is 1.78. The molecule has 3 amide bonds. The van der Waals surface area contributed by atoms with E-state index in [9.17, 15) is 26.8 Å². The first-order chi connectivity index (χ1) is 15.3. The molecule has 0 unspecified atom stereocenters. The number of urea groups is 1. The van der Waals surface area contributed by atoms with Gasteiger partial charge in [-0.15, -0.1) is 0 Å². The van der Waals surface area contributed by atoms with E-state index >= 15 is 0 Å². The van der Waals surface area contributed by atoms with E-state index in [1.807, 2.05) is 6.92 Å². The number of rotatable bonds is 4. The van der Waals surface area contributed by atoms with Crippen molar-refractivity contribution in [2.24, 2.45) is 0 Å². The molecule has 7 nitrogen and oxygen atoms in total. The molecule has 2 aromatic carbocycles. The van der Waals surface area contributed by atoms with Crippen LogP contribution in [0, 0.1) is 11.6 Å². The smallest absolute Gasteiger partial charge is 0.338 e. The van der Waals surface area contributed by atoms with Crippen molar-refractivity contribution in [3.63, 3.8) is 0 Å². The van der Waals surface area contributed by atoms with Crippen LogP contribution in [0.3, 0.4) is 0 Å². The van der Waals surface area contributed by atoms with E-state index in [0.717, 1.165) is 42.7 Å². The van der Waals surface area contributed by atoms with Gasteiger partial charge in [0.2, 0.25) is 5.91 Å². The van der Waals surface area contributed by atoms with E-state index in [1.165, 1.54) is 18.2 Å². The molecule has 2 aromatic rings. The number of hydrogen-bond acceptors (Lipinski definition) is 4. The largest absolute Gasteiger partial charge is 0.343 e. The molecule has 10 heteroatoms. The Labute approximate surface area is 185 Å². The SMILES string of the molecule is CC[C@@H]1CCCCN1C(=O)CN1C(=O)N(c2cc(F)ccc2F)S(=O)(=O)c2ccccc21. The summed E-state index contributed by atoms with van der Waals surface area (Å²) in [6.07, 6.45) is 3.49. The van der Waals surface area contributed by atoms with Gasteiger partial charge >= 0.3 is 6.03 Å². The Kier molecular flexibility index (Phi) is 5.89. The summed E-state index contributed by atoms with van der Waals surface area (Å²) in [5.74, 6) is -2.29. The van der Waals surface area contributed by atoms with Crippen LogP contribution >= 0.6 is 0 Å². The van der Waals surface area contributed by atoms with Gasteiger partial charge in [-0.2, -0.15) is 4.31 Å². The average Bonchev–Trinajstić information content (AvgIpc) is 2.78. The summed E-state index contributed by atoms with van der Waals surface area (Å²) in [5.41, 5.74) is -0.699. The summed E-state index contributed by atoms with van der Waals surface area (Å²) >= 11 is 0. The van der Waals surface area contributed by atoms with Gasteiger partial charge in [-0.25, -0.2) is 22.0 Å². The van der Waals surface area contributed by atoms with Gasteiger partial charge in [0.1, 0.15) is 28.8 Å². The minimum absolute atomic E-state index is 0.0315. The van der Waals surface area contributed by atoms with Crippen LogP contribution in [0.2, 0.25) is 0 Å². The second-order valence-electron chi connectivity index (χ2n) is 7.85. The standard InChI is InChI=1S/C22H23F2N3O4S/c1-2-16-7-5-6-12-25(16)21(28)14-26-18-8-3-4-9-20(18)32(30,31)27(22(26)29)19-13-15(23)10-11-17(19)24/h3-4,8-11,13,16H,2,5-7,12,14H2,1H3/t16-/m1/s1. The number of anilines is 2. The zero-order valence-electron chi connectivity index (χ0n) is 17.5. The number of nitrogens with zero attached hydrogens (tertiary/aromatic N) is 3. The van der Waals surface area contributed by atoms with Crippen LogP contribution < -0.4 is 9.21 Å². The van der Waals surface area contributed by atoms with Crippen LogP contribution in [-0.2, 0) is 14.8 Å². The second kappa shape index (κ2) is 8.50. The molecule has 1 saturated heterocycles. The number of halogens is 2. The van der Waals surface area contributed by atoms with Gasteiger partial charge in [-0.1, -0.05) is 19.1 Å². The monoisotopic (exact) mass is 463 g/mol. The normalized spacial score (nSPS) is 20.3. The molecule has 1 fully saturated rings. The lowest BCUT2D eigenvalue weighted by Gasteiger charge is -2.39. The fraction of sp³-hybridized carbons (Fsp3) is 0.364. The summed E-state index contributed by atoms with van der Waals surface area (Å²) in [6, 6.07) is 6.85. The number of amides is 3. The van der Waals surface area contributed by atoms with Crippen molar-refractivity contribution in [2.45, 2.75) is 43.5 Å². The van der Waals surface area contributed by atoms with Gasteiger partial charge in [0.15, 0.2) is 0 Å². The van der Waals surface area contributed by atoms with E-state index < -0.39 is 39.9 Å². The van der Waals surface area contributed by atoms with Gasteiger partial charge < -0.3 is 4.90 Å². The highest BCUT2D eigenvalue weighted by Crippen LogP contribution is 2.38. The van der Waals surface area contributed by atoms with Crippen molar-refractivity contribution >= 4 is 33.3 Å². The third kappa shape index (κ3) is 3.72. The predicted molar refractivity (Wildman–Crippen MR) is 115 cm³/mol. The number of carbonyl (C=O) groups is 2. The highest BCUT2D eigenvalue weighted by Gasteiger charge is 2.44. The van der Waals surface area contributed by atoms with Crippen molar-refractivity contribution in [3.8, 4) is 0 Å². The number of likely N-dealkylation sites (tertiary alicyclic amines) is 1. The zero-order chi connectivity index (χ0) is 23.0. The van der Waals surface area contributed by atoms with Crippen molar-refractivity contribution in [2.75, 3.05) is 22.3 Å². The maximum atomic E-state index is 14.5. The molecule has 2 aliphatic rings. The summed E-state index contributed by atoms with van der Waals surface area (Å²) < 4.78 is 55.0. The highest BCUT2D eigenvalue weighted by atomic mass is 32.2. The van der Waals surface area contributed by atoms with E-state index in [0.29, 0.717) is 12.6 Å². The predicted octanol–water partition coefficient (Wildman–Crippen LogP) is 3.89. The van der Waals surface area contributed by atoms with Gasteiger partial charge in [0.25, 0.3) is 10.0 Å². The lowest BCUT2D eigenvalue weighted by molar-refractivity contribution is -0.133. The van der Waals surface area contributed by atoms with Crippen LogP contribution in [0.4, 0.5) is 25.0 Å². The number of para-hydroxylation sites is 1. The van der Waals surface area contributed by atoms with Crippen LogP contribution in [0.5, 0.6) is 0 Å². The first-order valence-electron chi connectivity index (χ1n) is 10.5. The van der Waals surface area contributed by atoms with Crippen LogP contribution in [0.1, 0.15) is 32.6 Å². The molecule has 0 N–H and O–H groups in total. The van der Waals surface area contributed by atoms with E-state index in [1.54, 1.807) is 11.0 Å². The quantitative estimate of drug-likeness (QED) is 0.689. The molecule has 32 heavy (non-hydrogen) atoms. The van der Waals surface area contributed by atoms with Gasteiger partial charge in [-0.05, 0) is 49.9 Å².